The fourth-order valence-electron chi connectivity index (χ4n) is 1.18. The van der Waals surface area contributed by atoms with Crippen LogP contribution >= 0.6 is 0 Å². The highest BCUT2D eigenvalue weighted by molar-refractivity contribution is 5.96. The predicted molar refractivity (Wildman–Crippen MR) is 50.0 cm³/mol. The van der Waals surface area contributed by atoms with E-state index in [4.69, 9.17) is 14.9 Å². The van der Waals surface area contributed by atoms with Crippen molar-refractivity contribution in [1.29, 1.82) is 0 Å². The third-order valence-corrected chi connectivity index (χ3v) is 1.87. The summed E-state index contributed by atoms with van der Waals surface area (Å²) in [6, 6.07) is 0. The van der Waals surface area contributed by atoms with Gasteiger partial charge in [0.25, 0.3) is 5.91 Å². The van der Waals surface area contributed by atoms with E-state index in [2.05, 4.69) is 0 Å². The number of β-amino-alcohol motifs (C(OH)–C–C–N with tert-alkyl or cyclic N) is 1. The first-order valence-corrected chi connectivity index (χ1v) is 4.63. The molecule has 6 heteroatoms. The Bertz CT molecular complexity index is 283. The Balaban J connectivity index is 2.67. The van der Waals surface area contributed by atoms with Gasteiger partial charge in [0.15, 0.2) is 6.10 Å². The molecule has 86 valence electrons. The molecule has 1 saturated heterocycles. The summed E-state index contributed by atoms with van der Waals surface area (Å²) in [4.78, 5) is 23.4. The molecule has 2 unspecified atom stereocenters. The van der Waals surface area contributed by atoms with Crippen molar-refractivity contribution >= 4 is 12.0 Å². The first-order chi connectivity index (χ1) is 6.72. The highest BCUT2D eigenvalue weighted by atomic mass is 16.6. The number of rotatable bonds is 0. The molecule has 15 heavy (non-hydrogen) atoms. The number of likely N-dealkylation sites (tertiary alicyclic amines) is 1. The average molecular weight is 217 g/mol. The van der Waals surface area contributed by atoms with Crippen molar-refractivity contribution < 1.29 is 24.5 Å². The Morgan fingerprint density at radius 3 is 2.33 bits per heavy atom. The lowest BCUT2D eigenvalue weighted by atomic mass is 10.2. The Morgan fingerprint density at radius 2 is 2.00 bits per heavy atom. The summed E-state index contributed by atoms with van der Waals surface area (Å²) in [6.45, 7) is 4.77. The fourth-order valence-corrected chi connectivity index (χ4v) is 1.18. The molecule has 1 rings (SSSR count). The van der Waals surface area contributed by atoms with Gasteiger partial charge in [0, 0.05) is 0 Å². The minimum atomic E-state index is -1.53. The number of ether oxygens (including phenoxy) is 1. The van der Waals surface area contributed by atoms with Crippen LogP contribution in [0.4, 0.5) is 4.79 Å². The molecule has 0 radical (unpaired) electrons. The van der Waals surface area contributed by atoms with Crippen LogP contribution in [0.2, 0.25) is 0 Å². The number of hydrogen-bond acceptors (Lipinski definition) is 5. The maximum atomic E-state index is 11.4. The SMILES string of the molecule is CC(C)(C)OC(=O)N1CC(O)C(O)C1=O. The molecule has 2 atom stereocenters. The van der Waals surface area contributed by atoms with Gasteiger partial charge in [-0.15, -0.1) is 0 Å². The van der Waals surface area contributed by atoms with Gasteiger partial charge in [-0.05, 0) is 20.8 Å². The second-order valence-electron chi connectivity index (χ2n) is 4.44. The summed E-state index contributed by atoms with van der Waals surface area (Å²) >= 11 is 0. The van der Waals surface area contributed by atoms with E-state index in [-0.39, 0.29) is 6.54 Å². The first kappa shape index (κ1) is 11.9. The van der Waals surface area contributed by atoms with E-state index >= 15 is 0 Å². The third kappa shape index (κ3) is 2.66. The van der Waals surface area contributed by atoms with Crippen LogP contribution < -0.4 is 0 Å². The van der Waals surface area contributed by atoms with Gasteiger partial charge in [0.2, 0.25) is 0 Å². The molecule has 0 bridgehead atoms. The maximum absolute atomic E-state index is 11.4. The minimum Gasteiger partial charge on any atom is -0.443 e. The largest absolute Gasteiger partial charge is 0.443 e. The molecule has 1 fully saturated rings. The minimum absolute atomic E-state index is 0.227. The number of hydrogen-bond donors (Lipinski definition) is 2. The second-order valence-corrected chi connectivity index (χ2v) is 4.44. The lowest BCUT2D eigenvalue weighted by Gasteiger charge is -2.23. The predicted octanol–water partition coefficient (Wildman–Crippen LogP) is -0.514. The molecule has 1 heterocycles. The van der Waals surface area contributed by atoms with E-state index in [0.717, 1.165) is 0 Å². The van der Waals surface area contributed by atoms with E-state index in [1.807, 2.05) is 0 Å². The fraction of sp³-hybridized carbons (Fsp3) is 0.778. The molecule has 0 aromatic rings. The first-order valence-electron chi connectivity index (χ1n) is 4.63. The third-order valence-electron chi connectivity index (χ3n) is 1.87. The molecule has 2 amide bonds. The standard InChI is InChI=1S/C9H15NO5/c1-9(2,3)15-8(14)10-4-5(11)6(12)7(10)13/h5-6,11-12H,4H2,1-3H3. The van der Waals surface area contributed by atoms with Crippen LogP contribution in [-0.4, -0.2) is 51.5 Å². The summed E-state index contributed by atoms with van der Waals surface area (Å²) in [5.41, 5.74) is -0.712. The van der Waals surface area contributed by atoms with Gasteiger partial charge in [0.05, 0.1) is 6.54 Å². The summed E-state index contributed by atoms with van der Waals surface area (Å²) in [5, 5.41) is 18.3. The number of aliphatic hydroxyl groups is 2. The van der Waals surface area contributed by atoms with Crippen LogP contribution in [0, 0.1) is 0 Å². The van der Waals surface area contributed by atoms with Crippen molar-refractivity contribution in [2.75, 3.05) is 6.54 Å². The lowest BCUT2D eigenvalue weighted by molar-refractivity contribution is -0.135. The van der Waals surface area contributed by atoms with E-state index < -0.39 is 29.8 Å². The molecule has 0 aliphatic carbocycles. The van der Waals surface area contributed by atoms with Gasteiger partial charge in [-0.2, -0.15) is 0 Å². The van der Waals surface area contributed by atoms with Crippen LogP contribution in [0.1, 0.15) is 20.8 Å². The topological polar surface area (TPSA) is 87.1 Å². The average Bonchev–Trinajstić information content (AvgIpc) is 2.30. The summed E-state index contributed by atoms with van der Waals surface area (Å²) in [6.07, 6.45) is -3.61. The number of amides is 2. The van der Waals surface area contributed by atoms with Crippen molar-refractivity contribution in [2.24, 2.45) is 0 Å². The van der Waals surface area contributed by atoms with Gasteiger partial charge in [0.1, 0.15) is 11.7 Å². The van der Waals surface area contributed by atoms with Crippen molar-refractivity contribution in [3.05, 3.63) is 0 Å². The number of aliphatic hydroxyl groups excluding tert-OH is 2. The molecular formula is C9H15NO5. The number of carbonyl (C=O) groups excluding carboxylic acids is 2. The zero-order chi connectivity index (χ0) is 11.8. The van der Waals surface area contributed by atoms with Crippen molar-refractivity contribution in [1.82, 2.24) is 4.90 Å². The number of carbonyl (C=O) groups is 2. The highest BCUT2D eigenvalue weighted by Crippen LogP contribution is 2.16. The van der Waals surface area contributed by atoms with Gasteiger partial charge < -0.3 is 14.9 Å². The van der Waals surface area contributed by atoms with Crippen molar-refractivity contribution in [2.45, 2.75) is 38.6 Å². The van der Waals surface area contributed by atoms with E-state index in [1.165, 1.54) is 0 Å². The monoisotopic (exact) mass is 217 g/mol. The van der Waals surface area contributed by atoms with Crippen LogP contribution in [-0.2, 0) is 9.53 Å². The molecule has 0 spiro atoms. The van der Waals surface area contributed by atoms with Crippen molar-refractivity contribution in [3.8, 4) is 0 Å². The van der Waals surface area contributed by atoms with Gasteiger partial charge in [-0.1, -0.05) is 0 Å². The van der Waals surface area contributed by atoms with Crippen LogP contribution in [0.15, 0.2) is 0 Å². The number of imide groups is 1. The quantitative estimate of drug-likeness (QED) is 0.570. The second kappa shape index (κ2) is 3.79. The molecule has 2 N–H and O–H groups in total. The molecule has 6 nitrogen and oxygen atoms in total. The van der Waals surface area contributed by atoms with Gasteiger partial charge in [-0.25, -0.2) is 9.69 Å². The highest BCUT2D eigenvalue weighted by Gasteiger charge is 2.42. The molecule has 1 aliphatic heterocycles. The van der Waals surface area contributed by atoms with E-state index in [1.54, 1.807) is 20.8 Å². The van der Waals surface area contributed by atoms with Gasteiger partial charge >= 0.3 is 6.09 Å². The zero-order valence-electron chi connectivity index (χ0n) is 8.93. The lowest BCUT2D eigenvalue weighted by Crippen LogP contribution is -2.39. The summed E-state index contributed by atoms with van der Waals surface area (Å²) in [7, 11) is 0. The maximum Gasteiger partial charge on any atom is 0.417 e. The molecule has 0 aromatic carbocycles. The Labute approximate surface area is 87.4 Å². The van der Waals surface area contributed by atoms with E-state index in [9.17, 15) is 9.59 Å². The molecule has 0 aromatic heterocycles. The summed E-state index contributed by atoms with van der Waals surface area (Å²) in [5.74, 6) is -0.822. The zero-order valence-corrected chi connectivity index (χ0v) is 8.93. The van der Waals surface area contributed by atoms with Crippen LogP contribution in [0.3, 0.4) is 0 Å². The Morgan fingerprint density at radius 1 is 1.47 bits per heavy atom. The molecule has 0 saturated carbocycles. The summed E-state index contributed by atoms with van der Waals surface area (Å²) < 4.78 is 4.93. The van der Waals surface area contributed by atoms with Crippen LogP contribution in [0.5, 0.6) is 0 Å². The van der Waals surface area contributed by atoms with E-state index in [0.29, 0.717) is 4.90 Å². The molecule has 1 aliphatic rings. The number of nitrogens with zero attached hydrogens (tertiary/aromatic N) is 1. The normalized spacial score (nSPS) is 27.0. The van der Waals surface area contributed by atoms with Crippen molar-refractivity contribution in [3.63, 3.8) is 0 Å². The smallest absolute Gasteiger partial charge is 0.417 e. The Kier molecular flexibility index (Phi) is 3.01. The Hall–Kier alpha value is -1.14. The van der Waals surface area contributed by atoms with Crippen LogP contribution in [0.25, 0.3) is 0 Å². The van der Waals surface area contributed by atoms with Gasteiger partial charge in [-0.3, -0.25) is 4.79 Å². The molecular weight excluding hydrogens is 202 g/mol.